The van der Waals surface area contributed by atoms with Crippen LogP contribution in [0.1, 0.15) is 5.56 Å². The molecule has 0 aliphatic heterocycles. The van der Waals surface area contributed by atoms with Crippen molar-refractivity contribution in [2.24, 2.45) is 0 Å². The molecule has 0 heterocycles. The number of benzene rings is 1. The number of nitrogens with one attached hydrogen (secondary N) is 1. The smallest absolute Gasteiger partial charge is 0.215 e. The van der Waals surface area contributed by atoms with Crippen LogP contribution >= 0.6 is 0 Å². The summed E-state index contributed by atoms with van der Waals surface area (Å²) >= 11 is 0. The lowest BCUT2D eigenvalue weighted by atomic mass is 10.2. The molecule has 0 bridgehead atoms. The summed E-state index contributed by atoms with van der Waals surface area (Å²) < 4.78 is 17.4. The molecule has 0 radical (unpaired) electrons. The highest BCUT2D eigenvalue weighted by atomic mass is 19.1. The van der Waals surface area contributed by atoms with Crippen molar-refractivity contribution in [2.45, 2.75) is 0 Å². The number of hydrogen-bond donors (Lipinski definition) is 1. The van der Waals surface area contributed by atoms with Gasteiger partial charge >= 0.3 is 0 Å². The standard InChI is InChI=1S/C8H8FNO/c1-11-8(10)6-4-2-3-5-7(6)9/h2-5,10H,1H3. The van der Waals surface area contributed by atoms with Crippen molar-refractivity contribution in [1.29, 1.82) is 5.41 Å². The van der Waals surface area contributed by atoms with E-state index in [2.05, 4.69) is 4.74 Å². The summed E-state index contributed by atoms with van der Waals surface area (Å²) in [5, 5.41) is 7.16. The van der Waals surface area contributed by atoms with Gasteiger partial charge in [-0.25, -0.2) is 4.39 Å². The molecule has 58 valence electrons. The monoisotopic (exact) mass is 153 g/mol. The Hall–Kier alpha value is -1.38. The Bertz CT molecular complexity index is 273. The van der Waals surface area contributed by atoms with Crippen molar-refractivity contribution in [3.8, 4) is 0 Å². The zero-order valence-electron chi connectivity index (χ0n) is 6.10. The zero-order chi connectivity index (χ0) is 8.27. The first kappa shape index (κ1) is 7.72. The minimum absolute atomic E-state index is 0.150. The molecule has 2 nitrogen and oxygen atoms in total. The first-order valence-corrected chi connectivity index (χ1v) is 3.13. The van der Waals surface area contributed by atoms with Gasteiger partial charge in [0, 0.05) is 0 Å². The molecule has 0 saturated carbocycles. The van der Waals surface area contributed by atoms with E-state index >= 15 is 0 Å². The highest BCUT2D eigenvalue weighted by Gasteiger charge is 2.05. The Morgan fingerprint density at radius 1 is 1.45 bits per heavy atom. The average Bonchev–Trinajstić information content (AvgIpc) is 2.04. The van der Waals surface area contributed by atoms with Gasteiger partial charge in [-0.15, -0.1) is 0 Å². The van der Waals surface area contributed by atoms with E-state index in [1.165, 1.54) is 19.2 Å². The molecule has 0 unspecified atom stereocenters. The second kappa shape index (κ2) is 3.14. The van der Waals surface area contributed by atoms with Crippen molar-refractivity contribution < 1.29 is 9.13 Å². The zero-order valence-corrected chi connectivity index (χ0v) is 6.10. The third-order valence-electron chi connectivity index (χ3n) is 1.32. The highest BCUT2D eigenvalue weighted by molar-refractivity contribution is 5.91. The van der Waals surface area contributed by atoms with Crippen LogP contribution in [-0.2, 0) is 4.74 Å². The number of ether oxygens (including phenoxy) is 1. The van der Waals surface area contributed by atoms with Crippen molar-refractivity contribution in [3.05, 3.63) is 35.6 Å². The largest absolute Gasteiger partial charge is 0.481 e. The van der Waals surface area contributed by atoms with Crippen LogP contribution in [-0.4, -0.2) is 13.0 Å². The maximum Gasteiger partial charge on any atom is 0.215 e. The molecule has 0 fully saturated rings. The second-order valence-electron chi connectivity index (χ2n) is 2.01. The van der Waals surface area contributed by atoms with Crippen molar-refractivity contribution in [2.75, 3.05) is 7.11 Å². The summed E-state index contributed by atoms with van der Waals surface area (Å²) in [6.45, 7) is 0. The van der Waals surface area contributed by atoms with Gasteiger partial charge in [0.15, 0.2) is 0 Å². The second-order valence-corrected chi connectivity index (χ2v) is 2.01. The fraction of sp³-hybridized carbons (Fsp3) is 0.125. The van der Waals surface area contributed by atoms with E-state index in [-0.39, 0.29) is 11.5 Å². The highest BCUT2D eigenvalue weighted by Crippen LogP contribution is 2.06. The van der Waals surface area contributed by atoms with E-state index in [1.807, 2.05) is 0 Å². The molecule has 1 rings (SSSR count). The predicted molar refractivity (Wildman–Crippen MR) is 40.2 cm³/mol. The van der Waals surface area contributed by atoms with Crippen LogP contribution in [0.25, 0.3) is 0 Å². The molecule has 3 heteroatoms. The molecule has 0 saturated heterocycles. The quantitative estimate of drug-likeness (QED) is 0.484. The molecule has 0 amide bonds. The van der Waals surface area contributed by atoms with Gasteiger partial charge in [0.1, 0.15) is 5.82 Å². The van der Waals surface area contributed by atoms with Crippen molar-refractivity contribution >= 4 is 5.90 Å². The molecule has 1 aromatic rings. The number of rotatable bonds is 1. The summed E-state index contributed by atoms with van der Waals surface area (Å²) in [6, 6.07) is 6.03. The third kappa shape index (κ3) is 1.55. The number of methoxy groups -OCH3 is 1. The van der Waals surface area contributed by atoms with E-state index in [0.717, 1.165) is 0 Å². The molecule has 1 aromatic carbocycles. The van der Waals surface area contributed by atoms with Crippen molar-refractivity contribution in [3.63, 3.8) is 0 Å². The molecule has 1 N–H and O–H groups in total. The van der Waals surface area contributed by atoms with Crippen LogP contribution in [0, 0.1) is 11.2 Å². The number of halogens is 1. The lowest BCUT2D eigenvalue weighted by Gasteiger charge is -2.01. The summed E-state index contributed by atoms with van der Waals surface area (Å²) in [6.07, 6.45) is 0. The Balaban J connectivity index is 3.03. The van der Waals surface area contributed by atoms with E-state index < -0.39 is 5.82 Å². The molecule has 0 aliphatic rings. The maximum absolute atomic E-state index is 12.8. The lowest BCUT2D eigenvalue weighted by Crippen LogP contribution is -2.03. The van der Waals surface area contributed by atoms with Gasteiger partial charge < -0.3 is 4.74 Å². The van der Waals surface area contributed by atoms with Crippen molar-refractivity contribution in [1.82, 2.24) is 0 Å². The average molecular weight is 153 g/mol. The molecule has 0 spiro atoms. The van der Waals surface area contributed by atoms with Gasteiger partial charge in [-0.05, 0) is 12.1 Å². The molecule has 0 atom stereocenters. The fourth-order valence-electron chi connectivity index (χ4n) is 0.755. The van der Waals surface area contributed by atoms with E-state index in [9.17, 15) is 4.39 Å². The van der Waals surface area contributed by atoms with E-state index in [0.29, 0.717) is 0 Å². The van der Waals surface area contributed by atoms with E-state index in [1.54, 1.807) is 12.1 Å². The maximum atomic E-state index is 12.8. The first-order valence-electron chi connectivity index (χ1n) is 3.13. The van der Waals surface area contributed by atoms with Gasteiger partial charge in [0.2, 0.25) is 5.90 Å². The fourth-order valence-corrected chi connectivity index (χ4v) is 0.755. The predicted octanol–water partition coefficient (Wildman–Crippen LogP) is 1.80. The topological polar surface area (TPSA) is 33.1 Å². The molecular weight excluding hydrogens is 145 g/mol. The van der Waals surface area contributed by atoms with Gasteiger partial charge in [-0.3, -0.25) is 5.41 Å². The van der Waals surface area contributed by atoms with Gasteiger partial charge in [0.25, 0.3) is 0 Å². The summed E-state index contributed by atoms with van der Waals surface area (Å²) in [4.78, 5) is 0. The lowest BCUT2D eigenvalue weighted by molar-refractivity contribution is 0.398. The first-order chi connectivity index (χ1) is 5.25. The SMILES string of the molecule is COC(=N)c1ccccc1F. The van der Waals surface area contributed by atoms with Crippen LogP contribution in [0.2, 0.25) is 0 Å². The minimum atomic E-state index is -0.431. The summed E-state index contributed by atoms with van der Waals surface area (Å²) in [5.41, 5.74) is 0.190. The van der Waals surface area contributed by atoms with Crippen LogP contribution in [0.5, 0.6) is 0 Å². The van der Waals surface area contributed by atoms with Gasteiger partial charge in [0.05, 0.1) is 12.7 Å². The Labute approximate surface area is 64.1 Å². The summed E-state index contributed by atoms with van der Waals surface area (Å²) in [5.74, 6) is -0.581. The Kier molecular flexibility index (Phi) is 2.21. The summed E-state index contributed by atoms with van der Waals surface area (Å²) in [7, 11) is 1.34. The van der Waals surface area contributed by atoms with Crippen LogP contribution < -0.4 is 0 Å². The molecule has 0 aliphatic carbocycles. The van der Waals surface area contributed by atoms with Gasteiger partial charge in [-0.2, -0.15) is 0 Å². The van der Waals surface area contributed by atoms with Crippen LogP contribution in [0.15, 0.2) is 24.3 Å². The number of hydrogen-bond acceptors (Lipinski definition) is 2. The normalized spacial score (nSPS) is 9.27. The molecule has 11 heavy (non-hydrogen) atoms. The Morgan fingerprint density at radius 2 is 2.09 bits per heavy atom. The molecule has 0 aromatic heterocycles. The third-order valence-corrected chi connectivity index (χ3v) is 1.32. The van der Waals surface area contributed by atoms with E-state index in [4.69, 9.17) is 5.41 Å². The minimum Gasteiger partial charge on any atom is -0.481 e. The Morgan fingerprint density at radius 3 is 2.64 bits per heavy atom. The molecular formula is C8H8FNO. The van der Waals surface area contributed by atoms with Crippen LogP contribution in [0.3, 0.4) is 0 Å². The van der Waals surface area contributed by atoms with Crippen LogP contribution in [0.4, 0.5) is 4.39 Å². The van der Waals surface area contributed by atoms with Gasteiger partial charge in [-0.1, -0.05) is 12.1 Å².